The second-order valence-electron chi connectivity index (χ2n) is 7.64. The third-order valence-electron chi connectivity index (χ3n) is 5.64. The van der Waals surface area contributed by atoms with Crippen molar-refractivity contribution in [1.82, 2.24) is 20.2 Å². The average molecular weight is 395 g/mol. The van der Waals surface area contributed by atoms with Crippen molar-refractivity contribution in [3.63, 3.8) is 0 Å². The quantitative estimate of drug-likeness (QED) is 0.830. The maximum absolute atomic E-state index is 12.9. The third kappa shape index (κ3) is 4.16. The van der Waals surface area contributed by atoms with E-state index in [9.17, 15) is 9.59 Å². The van der Waals surface area contributed by atoms with Crippen LogP contribution in [0.5, 0.6) is 5.75 Å². The number of hydrogen-bond acceptors (Lipinski definition) is 5. The molecule has 0 radical (unpaired) electrons. The number of carbonyl (C=O) groups excluding carboxylic acids is 2. The van der Waals surface area contributed by atoms with Gasteiger partial charge in [0.05, 0.1) is 19.0 Å². The van der Waals surface area contributed by atoms with Crippen molar-refractivity contribution in [2.24, 2.45) is 0 Å². The Labute approximate surface area is 169 Å². The summed E-state index contributed by atoms with van der Waals surface area (Å²) in [6, 6.07) is 7.50. The van der Waals surface area contributed by atoms with Gasteiger partial charge in [-0.15, -0.1) is 0 Å². The molecule has 2 fully saturated rings. The lowest BCUT2D eigenvalue weighted by Gasteiger charge is -2.39. The summed E-state index contributed by atoms with van der Waals surface area (Å²) in [6.07, 6.45) is 6.47. The number of piperidine rings is 1. The molecule has 2 aliphatic rings. The summed E-state index contributed by atoms with van der Waals surface area (Å²) in [7, 11) is 1.60. The number of ether oxygens (including phenoxy) is 1. The molecule has 3 amide bonds. The topological polar surface area (TPSA) is 96.5 Å². The molecule has 0 spiro atoms. The van der Waals surface area contributed by atoms with Gasteiger partial charge in [0.2, 0.25) is 0 Å². The van der Waals surface area contributed by atoms with Gasteiger partial charge in [-0.1, -0.05) is 6.07 Å². The van der Waals surface area contributed by atoms with E-state index >= 15 is 0 Å². The van der Waals surface area contributed by atoms with Gasteiger partial charge < -0.3 is 20.3 Å². The molecule has 1 unspecified atom stereocenters. The minimum absolute atomic E-state index is 0.0315. The molecule has 0 saturated carbocycles. The van der Waals surface area contributed by atoms with Crippen LogP contribution in [0.25, 0.3) is 0 Å². The van der Waals surface area contributed by atoms with E-state index < -0.39 is 0 Å². The summed E-state index contributed by atoms with van der Waals surface area (Å²) < 4.78 is 5.22. The van der Waals surface area contributed by atoms with Gasteiger partial charge in [-0.3, -0.25) is 9.78 Å². The van der Waals surface area contributed by atoms with Gasteiger partial charge in [0.25, 0.3) is 5.91 Å². The highest BCUT2D eigenvalue weighted by molar-refractivity contribution is 5.92. The molecule has 1 aromatic heterocycles. The van der Waals surface area contributed by atoms with Crippen LogP contribution in [0.15, 0.2) is 36.7 Å². The maximum atomic E-state index is 12.9. The highest BCUT2D eigenvalue weighted by atomic mass is 16.5. The lowest BCUT2D eigenvalue weighted by molar-refractivity contribution is 0.0886. The first-order valence-corrected chi connectivity index (χ1v) is 9.86. The van der Waals surface area contributed by atoms with Crippen LogP contribution < -0.4 is 15.4 Å². The largest absolute Gasteiger partial charge is 0.497 e. The molecule has 2 N–H and O–H groups in total. The molecule has 2 aromatic rings. The normalized spacial score (nSPS) is 22.8. The lowest BCUT2D eigenvalue weighted by Crippen LogP contribution is -2.53. The fourth-order valence-corrected chi connectivity index (χ4v) is 4.28. The van der Waals surface area contributed by atoms with Gasteiger partial charge in [-0.25, -0.2) is 9.78 Å². The molecule has 152 valence electrons. The summed E-state index contributed by atoms with van der Waals surface area (Å²) in [5.41, 5.74) is 1.80. The third-order valence-corrected chi connectivity index (χ3v) is 5.64. The number of nitrogens with one attached hydrogen (secondary N) is 2. The van der Waals surface area contributed by atoms with Crippen LogP contribution in [-0.4, -0.2) is 52.0 Å². The van der Waals surface area contributed by atoms with Crippen molar-refractivity contribution in [2.45, 2.75) is 50.7 Å². The Morgan fingerprint density at radius 2 is 1.90 bits per heavy atom. The molecule has 2 bridgehead atoms. The summed E-state index contributed by atoms with van der Waals surface area (Å²) in [6.45, 7) is 1.83. The van der Waals surface area contributed by atoms with E-state index in [0.717, 1.165) is 31.4 Å². The minimum Gasteiger partial charge on any atom is -0.497 e. The van der Waals surface area contributed by atoms with Crippen molar-refractivity contribution in [3.8, 4) is 5.75 Å². The zero-order valence-electron chi connectivity index (χ0n) is 16.6. The van der Waals surface area contributed by atoms with Gasteiger partial charge in [0.1, 0.15) is 11.4 Å². The number of anilines is 1. The van der Waals surface area contributed by atoms with Gasteiger partial charge in [0, 0.05) is 36.1 Å². The number of hydrogen-bond donors (Lipinski definition) is 2. The molecular formula is C21H25N5O3. The number of amides is 3. The van der Waals surface area contributed by atoms with Crippen LogP contribution in [0, 0.1) is 6.92 Å². The van der Waals surface area contributed by atoms with Gasteiger partial charge in [-0.05, 0) is 44.7 Å². The zero-order valence-corrected chi connectivity index (χ0v) is 16.6. The predicted octanol–water partition coefficient (Wildman–Crippen LogP) is 2.75. The monoisotopic (exact) mass is 395 g/mol. The number of aryl methyl sites for hydroxylation is 1. The summed E-state index contributed by atoms with van der Waals surface area (Å²) >= 11 is 0. The molecule has 0 aliphatic carbocycles. The SMILES string of the molecule is COc1cccc(NC(=O)N2[C@@H]3CC[C@H]2CC(NC(=O)c2cnc(C)cn2)C3)c1. The molecule has 3 atom stereocenters. The number of methoxy groups -OCH3 is 1. The van der Waals surface area contributed by atoms with Crippen LogP contribution >= 0.6 is 0 Å². The Kier molecular flexibility index (Phi) is 5.33. The van der Waals surface area contributed by atoms with Crippen LogP contribution in [0.3, 0.4) is 0 Å². The van der Waals surface area contributed by atoms with E-state index in [1.807, 2.05) is 30.0 Å². The van der Waals surface area contributed by atoms with E-state index in [4.69, 9.17) is 4.74 Å². The molecule has 1 aromatic carbocycles. The van der Waals surface area contributed by atoms with E-state index in [0.29, 0.717) is 17.1 Å². The number of carbonyl (C=O) groups is 2. The Bertz CT molecular complexity index is 887. The van der Waals surface area contributed by atoms with Crippen LogP contribution in [0.2, 0.25) is 0 Å². The molecule has 8 heteroatoms. The molecule has 2 saturated heterocycles. The summed E-state index contributed by atoms with van der Waals surface area (Å²) in [5, 5.41) is 6.04. The van der Waals surface area contributed by atoms with Gasteiger partial charge in [0.15, 0.2) is 0 Å². The first kappa shape index (κ1) is 19.2. The number of urea groups is 1. The standard InChI is InChI=1S/C21H25N5O3/c1-13-11-23-19(12-22-13)20(27)24-15-8-16-6-7-17(9-15)26(16)21(28)25-14-4-3-5-18(10-14)29-2/h3-5,10-12,15-17H,6-9H2,1-2H3,(H,24,27)(H,25,28)/t15?,16-,17+. The first-order chi connectivity index (χ1) is 14.0. The molecule has 4 rings (SSSR count). The number of fused-ring (bicyclic) bond motifs is 2. The Hall–Kier alpha value is -3.16. The molecule has 8 nitrogen and oxygen atoms in total. The number of rotatable bonds is 4. The molecule has 29 heavy (non-hydrogen) atoms. The maximum Gasteiger partial charge on any atom is 0.322 e. The molecular weight excluding hydrogens is 370 g/mol. The second-order valence-corrected chi connectivity index (χ2v) is 7.64. The van der Waals surface area contributed by atoms with Crippen molar-refractivity contribution in [2.75, 3.05) is 12.4 Å². The van der Waals surface area contributed by atoms with Crippen molar-refractivity contribution >= 4 is 17.6 Å². The van der Waals surface area contributed by atoms with Crippen LogP contribution in [-0.2, 0) is 0 Å². The van der Waals surface area contributed by atoms with Crippen molar-refractivity contribution in [3.05, 3.63) is 48.0 Å². The Morgan fingerprint density at radius 1 is 1.14 bits per heavy atom. The number of nitrogens with zero attached hydrogens (tertiary/aromatic N) is 3. The predicted molar refractivity (Wildman–Crippen MR) is 108 cm³/mol. The summed E-state index contributed by atoms with van der Waals surface area (Å²) in [5.74, 6) is 0.488. The van der Waals surface area contributed by atoms with E-state index in [-0.39, 0.29) is 30.1 Å². The van der Waals surface area contributed by atoms with Gasteiger partial charge >= 0.3 is 6.03 Å². The second kappa shape index (κ2) is 8.06. The lowest BCUT2D eigenvalue weighted by atomic mass is 9.97. The zero-order chi connectivity index (χ0) is 20.4. The highest BCUT2D eigenvalue weighted by Gasteiger charge is 2.43. The van der Waals surface area contributed by atoms with E-state index in [2.05, 4.69) is 20.6 Å². The minimum atomic E-state index is -0.212. The molecule has 2 aliphatic heterocycles. The Balaban J connectivity index is 1.37. The van der Waals surface area contributed by atoms with E-state index in [1.165, 1.54) is 6.20 Å². The van der Waals surface area contributed by atoms with Crippen LogP contribution in [0.1, 0.15) is 41.9 Å². The van der Waals surface area contributed by atoms with Crippen LogP contribution in [0.4, 0.5) is 10.5 Å². The average Bonchev–Trinajstić information content (AvgIpc) is 2.99. The first-order valence-electron chi connectivity index (χ1n) is 9.86. The Morgan fingerprint density at radius 3 is 2.55 bits per heavy atom. The highest BCUT2D eigenvalue weighted by Crippen LogP contribution is 2.36. The summed E-state index contributed by atoms with van der Waals surface area (Å²) in [4.78, 5) is 35.5. The van der Waals surface area contributed by atoms with Crippen molar-refractivity contribution in [1.29, 1.82) is 0 Å². The number of benzene rings is 1. The number of aromatic nitrogens is 2. The van der Waals surface area contributed by atoms with E-state index in [1.54, 1.807) is 19.4 Å². The van der Waals surface area contributed by atoms with Crippen molar-refractivity contribution < 1.29 is 14.3 Å². The smallest absolute Gasteiger partial charge is 0.322 e. The molecule has 3 heterocycles. The fourth-order valence-electron chi connectivity index (χ4n) is 4.28. The van der Waals surface area contributed by atoms with Gasteiger partial charge in [-0.2, -0.15) is 0 Å². The fraction of sp³-hybridized carbons (Fsp3) is 0.429.